The van der Waals surface area contributed by atoms with Gasteiger partial charge in [0.25, 0.3) is 0 Å². The molecule has 200 valence electrons. The number of halogens is 1. The van der Waals surface area contributed by atoms with Crippen molar-refractivity contribution in [2.24, 2.45) is 5.92 Å². The highest BCUT2D eigenvalue weighted by atomic mass is 32.1. The maximum atomic E-state index is 15.1. The van der Waals surface area contributed by atoms with Crippen molar-refractivity contribution in [1.29, 1.82) is 0 Å². The summed E-state index contributed by atoms with van der Waals surface area (Å²) in [5, 5.41) is 1.28. The fourth-order valence-corrected chi connectivity index (χ4v) is 7.29. The number of para-hydroxylation sites is 1. The predicted molar refractivity (Wildman–Crippen MR) is 149 cm³/mol. The number of fused-ring (bicyclic) bond motifs is 3. The number of nitrogens with zero attached hydrogens (tertiary/aromatic N) is 2. The Hall–Kier alpha value is -2.38. The molecule has 0 radical (unpaired) electrons. The number of carbonyl (C=O) groups excluding carboxylic acids is 1. The molecule has 5 rings (SSSR count). The van der Waals surface area contributed by atoms with Crippen LogP contribution in [0.5, 0.6) is 0 Å². The van der Waals surface area contributed by atoms with Gasteiger partial charge in [-0.3, -0.25) is 4.90 Å². The molecular formula is C30H40FN3O2S. The lowest BCUT2D eigenvalue weighted by molar-refractivity contribution is -0.000780. The molecular weight excluding hydrogens is 485 g/mol. The number of nitrogens with one attached hydrogen (secondary N) is 1. The fourth-order valence-electron chi connectivity index (χ4n) is 5.87. The SMILES string of the molecule is Cc1cc(CC2CN(C(=O)OC(C)(C)C)C2)sc1[C@@H]1c2[nH]c3ccccc3c2C[C@@H](C)N1CC(C)(C)F. The van der Waals surface area contributed by atoms with Gasteiger partial charge in [0, 0.05) is 52.0 Å². The minimum absolute atomic E-state index is 0.000391. The Labute approximate surface area is 224 Å². The number of amides is 1. The minimum Gasteiger partial charge on any atom is -0.444 e. The van der Waals surface area contributed by atoms with Crippen molar-refractivity contribution < 1.29 is 13.9 Å². The van der Waals surface area contributed by atoms with E-state index >= 15 is 4.39 Å². The number of likely N-dealkylation sites (tertiary alicyclic amines) is 1. The molecule has 1 aromatic carbocycles. The number of alkyl halides is 1. The van der Waals surface area contributed by atoms with Crippen LogP contribution >= 0.6 is 11.3 Å². The van der Waals surface area contributed by atoms with E-state index in [1.165, 1.54) is 32.0 Å². The standard InChI is InChI=1S/C30H40FN3O2S/c1-18-12-21(14-20-15-33(16-20)28(35)36-29(3,4)5)37-27(18)26-25-23(22-10-8-9-11-24(22)32-25)13-19(2)34(26)17-30(6,7)31/h8-12,19-20,26,32H,13-17H2,1-7H3/t19-,26+/m1/s1. The first-order valence-corrected chi connectivity index (χ1v) is 14.2. The van der Waals surface area contributed by atoms with Crippen LogP contribution in [0.25, 0.3) is 10.9 Å². The zero-order valence-electron chi connectivity index (χ0n) is 23.2. The second-order valence-electron chi connectivity index (χ2n) is 12.6. The summed E-state index contributed by atoms with van der Waals surface area (Å²) in [5.74, 6) is 0.438. The minimum atomic E-state index is -1.29. The number of H-pyrrole nitrogens is 1. The molecule has 1 amide bonds. The van der Waals surface area contributed by atoms with E-state index in [1.807, 2.05) is 32.1 Å². The molecule has 2 aliphatic heterocycles. The summed E-state index contributed by atoms with van der Waals surface area (Å²) in [7, 11) is 0. The molecule has 1 saturated heterocycles. The molecule has 5 nitrogen and oxygen atoms in total. The quantitative estimate of drug-likeness (QED) is 0.389. The van der Waals surface area contributed by atoms with E-state index in [2.05, 4.69) is 54.1 Å². The van der Waals surface area contributed by atoms with Crippen LogP contribution in [0.2, 0.25) is 0 Å². The third-order valence-corrected chi connectivity index (χ3v) is 8.74. The van der Waals surface area contributed by atoms with Crippen molar-refractivity contribution in [2.45, 2.75) is 84.7 Å². The summed E-state index contributed by atoms with van der Waals surface area (Å²) in [4.78, 5) is 22.8. The van der Waals surface area contributed by atoms with E-state index < -0.39 is 11.3 Å². The lowest BCUT2D eigenvalue weighted by atomic mass is 9.89. The fraction of sp³-hybridized carbons (Fsp3) is 0.567. The molecule has 3 aromatic rings. The van der Waals surface area contributed by atoms with Crippen LogP contribution in [0.4, 0.5) is 9.18 Å². The van der Waals surface area contributed by atoms with Crippen LogP contribution in [0.15, 0.2) is 30.3 Å². The lowest BCUT2D eigenvalue weighted by Gasteiger charge is -2.42. The topological polar surface area (TPSA) is 48.6 Å². The van der Waals surface area contributed by atoms with Crippen molar-refractivity contribution in [2.75, 3.05) is 19.6 Å². The van der Waals surface area contributed by atoms with Gasteiger partial charge in [0.15, 0.2) is 0 Å². The highest BCUT2D eigenvalue weighted by molar-refractivity contribution is 7.12. The van der Waals surface area contributed by atoms with Crippen LogP contribution in [-0.4, -0.2) is 57.8 Å². The number of ether oxygens (including phenoxy) is 1. The third kappa shape index (κ3) is 5.44. The monoisotopic (exact) mass is 525 g/mol. The molecule has 1 N–H and O–H groups in total. The summed E-state index contributed by atoms with van der Waals surface area (Å²) in [6.07, 6.45) is 1.63. The maximum Gasteiger partial charge on any atom is 0.410 e. The summed E-state index contributed by atoms with van der Waals surface area (Å²) in [6.45, 7) is 15.3. The lowest BCUT2D eigenvalue weighted by Crippen LogP contribution is -2.52. The Morgan fingerprint density at radius 3 is 2.57 bits per heavy atom. The Morgan fingerprint density at radius 1 is 1.19 bits per heavy atom. The summed E-state index contributed by atoms with van der Waals surface area (Å²) >= 11 is 1.85. The second kappa shape index (κ2) is 9.42. The van der Waals surface area contributed by atoms with E-state index in [9.17, 15) is 4.79 Å². The van der Waals surface area contributed by atoms with Gasteiger partial charge >= 0.3 is 6.09 Å². The molecule has 7 heteroatoms. The van der Waals surface area contributed by atoms with Gasteiger partial charge in [-0.15, -0.1) is 11.3 Å². The van der Waals surface area contributed by atoms with Crippen molar-refractivity contribution in [3.63, 3.8) is 0 Å². The molecule has 0 spiro atoms. The molecule has 2 aromatic heterocycles. The van der Waals surface area contributed by atoms with Crippen molar-refractivity contribution >= 4 is 28.3 Å². The Balaban J connectivity index is 1.41. The Bertz CT molecular complexity index is 1290. The van der Waals surface area contributed by atoms with Crippen molar-refractivity contribution in [3.8, 4) is 0 Å². The molecule has 37 heavy (non-hydrogen) atoms. The van der Waals surface area contributed by atoms with Gasteiger partial charge in [-0.05, 0) is 90.5 Å². The zero-order valence-corrected chi connectivity index (χ0v) is 24.0. The second-order valence-corrected chi connectivity index (χ2v) is 13.8. The summed E-state index contributed by atoms with van der Waals surface area (Å²) in [6, 6.07) is 11.0. The number of aromatic nitrogens is 1. The van der Waals surface area contributed by atoms with Crippen molar-refractivity contribution in [1.82, 2.24) is 14.8 Å². The van der Waals surface area contributed by atoms with E-state index in [4.69, 9.17) is 4.74 Å². The van der Waals surface area contributed by atoms with E-state index in [0.717, 1.165) is 31.4 Å². The first-order valence-electron chi connectivity index (χ1n) is 13.4. The number of carbonyl (C=O) groups is 1. The Kier molecular flexibility index (Phi) is 6.68. The van der Waals surface area contributed by atoms with E-state index in [0.29, 0.717) is 12.5 Å². The Morgan fingerprint density at radius 2 is 1.89 bits per heavy atom. The molecule has 0 unspecified atom stereocenters. The third-order valence-electron chi connectivity index (χ3n) is 7.43. The van der Waals surface area contributed by atoms with E-state index in [1.54, 1.807) is 18.7 Å². The molecule has 2 aliphatic rings. The van der Waals surface area contributed by atoms with Gasteiger partial charge in [-0.1, -0.05) is 18.2 Å². The number of benzene rings is 1. The molecule has 0 bridgehead atoms. The number of rotatable bonds is 5. The average molecular weight is 526 g/mol. The number of thiophene rings is 1. The number of aryl methyl sites for hydroxylation is 1. The van der Waals surface area contributed by atoms with Crippen LogP contribution < -0.4 is 0 Å². The van der Waals surface area contributed by atoms with Crippen LogP contribution in [0.1, 0.15) is 74.2 Å². The van der Waals surface area contributed by atoms with Gasteiger partial charge in [0.1, 0.15) is 11.3 Å². The van der Waals surface area contributed by atoms with Gasteiger partial charge in [0.2, 0.25) is 0 Å². The summed E-state index contributed by atoms with van der Waals surface area (Å²) < 4.78 is 20.6. The maximum absolute atomic E-state index is 15.1. The van der Waals surface area contributed by atoms with Crippen LogP contribution in [-0.2, 0) is 17.6 Å². The number of hydrogen-bond donors (Lipinski definition) is 1. The smallest absolute Gasteiger partial charge is 0.410 e. The van der Waals surface area contributed by atoms with Gasteiger partial charge in [0.05, 0.1) is 6.04 Å². The normalized spacial score (nSPS) is 21.2. The average Bonchev–Trinajstić information content (AvgIpc) is 3.28. The first-order chi connectivity index (χ1) is 17.3. The molecule has 0 saturated carbocycles. The van der Waals surface area contributed by atoms with Crippen LogP contribution in [0.3, 0.4) is 0 Å². The number of hydrogen-bond acceptors (Lipinski definition) is 4. The highest BCUT2D eigenvalue weighted by Gasteiger charge is 2.40. The van der Waals surface area contributed by atoms with Gasteiger partial charge < -0.3 is 14.6 Å². The zero-order chi connectivity index (χ0) is 26.7. The van der Waals surface area contributed by atoms with Crippen LogP contribution in [0, 0.1) is 12.8 Å². The van der Waals surface area contributed by atoms with E-state index in [-0.39, 0.29) is 18.2 Å². The number of aromatic amines is 1. The first kappa shape index (κ1) is 26.2. The van der Waals surface area contributed by atoms with Gasteiger partial charge in [-0.25, -0.2) is 9.18 Å². The molecule has 4 heterocycles. The highest BCUT2D eigenvalue weighted by Crippen LogP contribution is 2.45. The molecule has 1 fully saturated rings. The largest absolute Gasteiger partial charge is 0.444 e. The summed E-state index contributed by atoms with van der Waals surface area (Å²) in [5.41, 5.74) is 3.22. The predicted octanol–water partition coefficient (Wildman–Crippen LogP) is 7.03. The molecule has 2 atom stereocenters. The van der Waals surface area contributed by atoms with Gasteiger partial charge in [-0.2, -0.15) is 0 Å². The van der Waals surface area contributed by atoms with Crippen molar-refractivity contribution in [3.05, 3.63) is 56.9 Å². The molecule has 0 aliphatic carbocycles.